The minimum Gasteiger partial charge on any atom is -0.390 e. The summed E-state index contributed by atoms with van der Waals surface area (Å²) in [6.07, 6.45) is -15.5. The van der Waals surface area contributed by atoms with E-state index >= 15 is 0 Å². The van der Waals surface area contributed by atoms with Crippen LogP contribution in [0.3, 0.4) is 0 Å². The third kappa shape index (κ3) is 6.21. The lowest BCUT2D eigenvalue weighted by Crippen LogP contribution is -2.57. The molecule has 3 N–H and O–H groups in total. The lowest BCUT2D eigenvalue weighted by Gasteiger charge is -2.30. The highest BCUT2D eigenvalue weighted by molar-refractivity contribution is 4.95. The summed E-state index contributed by atoms with van der Waals surface area (Å²) < 4.78 is 138. The van der Waals surface area contributed by atoms with Crippen LogP contribution >= 0.6 is 0 Å². The molecule has 0 aliphatic rings. The molecule has 23 heavy (non-hydrogen) atoms. The number of aliphatic hydroxyl groups is 3. The second kappa shape index (κ2) is 7.29. The Labute approximate surface area is 119 Å². The van der Waals surface area contributed by atoms with E-state index in [-0.39, 0.29) is 0 Å². The summed E-state index contributed by atoms with van der Waals surface area (Å²) in [5.41, 5.74) is 0. The molecule has 0 radical (unpaired) electrons. The van der Waals surface area contributed by atoms with Gasteiger partial charge in [-0.2, -0.15) is 52.7 Å². The standard InChI is InChI=1S/C5H6F6O2.C3H2F6O/c6-3(7,1-12)5(10,11)4(8,9)2-13;4-2(5,6)1(10)3(7,8)9/h12-13H,1-2H2;1,10H. The lowest BCUT2D eigenvalue weighted by atomic mass is 10.1. The van der Waals surface area contributed by atoms with Crippen molar-refractivity contribution in [3.63, 3.8) is 0 Å². The topological polar surface area (TPSA) is 60.7 Å². The Morgan fingerprint density at radius 2 is 0.783 bits per heavy atom. The summed E-state index contributed by atoms with van der Waals surface area (Å²) in [5, 5.41) is 23.0. The summed E-state index contributed by atoms with van der Waals surface area (Å²) in [7, 11) is 0. The molecule has 0 spiro atoms. The first-order valence-electron chi connectivity index (χ1n) is 4.94. The Hall–Kier alpha value is -0.960. The first-order valence-corrected chi connectivity index (χ1v) is 4.94. The van der Waals surface area contributed by atoms with E-state index in [4.69, 9.17) is 15.3 Å². The third-order valence-corrected chi connectivity index (χ3v) is 1.94. The molecule has 0 bridgehead atoms. The number of alkyl halides is 12. The van der Waals surface area contributed by atoms with Gasteiger partial charge in [-0.1, -0.05) is 0 Å². The number of rotatable bonds is 4. The molecular weight excluding hydrogens is 372 g/mol. The highest BCUT2D eigenvalue weighted by atomic mass is 19.4. The van der Waals surface area contributed by atoms with E-state index in [2.05, 4.69) is 0 Å². The van der Waals surface area contributed by atoms with Gasteiger partial charge in [-0.05, 0) is 0 Å². The molecule has 0 aliphatic heterocycles. The Balaban J connectivity index is 0. The summed E-state index contributed by atoms with van der Waals surface area (Å²) in [6.45, 7) is -4.84. The number of hydrogen-bond donors (Lipinski definition) is 3. The van der Waals surface area contributed by atoms with E-state index in [1.165, 1.54) is 0 Å². The quantitative estimate of drug-likeness (QED) is 0.657. The molecule has 0 atom stereocenters. The van der Waals surface area contributed by atoms with E-state index in [1.807, 2.05) is 0 Å². The molecule has 3 nitrogen and oxygen atoms in total. The average Bonchev–Trinajstić information content (AvgIpc) is 2.35. The Bertz CT molecular complexity index is 328. The van der Waals surface area contributed by atoms with Gasteiger partial charge in [0.15, 0.2) is 0 Å². The summed E-state index contributed by atoms with van der Waals surface area (Å²) in [5.74, 6) is -16.3. The number of halogens is 12. The Kier molecular flexibility index (Phi) is 7.70. The zero-order valence-corrected chi connectivity index (χ0v) is 10.4. The first kappa shape index (κ1) is 24.3. The number of hydrogen-bond acceptors (Lipinski definition) is 3. The zero-order chi connectivity index (χ0) is 19.5. The summed E-state index contributed by atoms with van der Waals surface area (Å²) in [6, 6.07) is 0. The van der Waals surface area contributed by atoms with Crippen LogP contribution in [0.25, 0.3) is 0 Å². The van der Waals surface area contributed by atoms with E-state index in [9.17, 15) is 52.7 Å². The van der Waals surface area contributed by atoms with Crippen LogP contribution in [0.2, 0.25) is 0 Å². The first-order chi connectivity index (χ1) is 9.78. The van der Waals surface area contributed by atoms with E-state index in [0.717, 1.165) is 0 Å². The van der Waals surface area contributed by atoms with Gasteiger partial charge in [0.25, 0.3) is 0 Å². The fourth-order valence-electron chi connectivity index (χ4n) is 0.652. The van der Waals surface area contributed by atoms with E-state index < -0.39 is 49.4 Å². The van der Waals surface area contributed by atoms with Crippen LogP contribution in [0.5, 0.6) is 0 Å². The molecule has 0 heterocycles. The molecule has 0 unspecified atom stereocenters. The van der Waals surface area contributed by atoms with Gasteiger partial charge in [0.2, 0.25) is 6.10 Å². The largest absolute Gasteiger partial charge is 0.423 e. The second-order valence-corrected chi connectivity index (χ2v) is 3.79. The van der Waals surface area contributed by atoms with Gasteiger partial charge in [0, 0.05) is 0 Å². The highest BCUT2D eigenvalue weighted by Crippen LogP contribution is 2.45. The van der Waals surface area contributed by atoms with Gasteiger partial charge in [-0.25, -0.2) is 0 Å². The molecule has 0 rings (SSSR count). The maximum Gasteiger partial charge on any atom is 0.423 e. The Morgan fingerprint density at radius 3 is 0.870 bits per heavy atom. The molecular formula is C8H8F12O3. The Morgan fingerprint density at radius 1 is 0.565 bits per heavy atom. The van der Waals surface area contributed by atoms with Crippen LogP contribution in [0, 0.1) is 0 Å². The summed E-state index contributed by atoms with van der Waals surface area (Å²) in [4.78, 5) is 0. The van der Waals surface area contributed by atoms with Crippen LogP contribution in [-0.2, 0) is 0 Å². The molecule has 142 valence electrons. The molecule has 0 aliphatic carbocycles. The van der Waals surface area contributed by atoms with Gasteiger partial charge in [-0.15, -0.1) is 0 Å². The van der Waals surface area contributed by atoms with Gasteiger partial charge in [0.05, 0.1) is 0 Å². The van der Waals surface area contributed by atoms with Crippen molar-refractivity contribution in [2.75, 3.05) is 13.2 Å². The third-order valence-electron chi connectivity index (χ3n) is 1.94. The van der Waals surface area contributed by atoms with Crippen LogP contribution in [0.4, 0.5) is 52.7 Å². The van der Waals surface area contributed by atoms with Crippen LogP contribution < -0.4 is 0 Å². The minimum absolute atomic E-state index is 2.42. The highest BCUT2D eigenvalue weighted by Gasteiger charge is 2.70. The second-order valence-electron chi connectivity index (χ2n) is 3.79. The normalized spacial score (nSPS) is 14.6. The molecule has 0 amide bonds. The van der Waals surface area contributed by atoms with E-state index in [1.54, 1.807) is 0 Å². The monoisotopic (exact) mass is 380 g/mol. The predicted molar refractivity (Wildman–Crippen MR) is 47.1 cm³/mol. The number of aliphatic hydroxyl groups excluding tert-OH is 3. The van der Waals surface area contributed by atoms with Crippen molar-refractivity contribution >= 4 is 0 Å². The van der Waals surface area contributed by atoms with Crippen molar-refractivity contribution in [3.8, 4) is 0 Å². The van der Waals surface area contributed by atoms with E-state index in [0.29, 0.717) is 0 Å². The van der Waals surface area contributed by atoms with Crippen LogP contribution in [0.15, 0.2) is 0 Å². The smallest absolute Gasteiger partial charge is 0.390 e. The van der Waals surface area contributed by atoms with Crippen molar-refractivity contribution < 1.29 is 68.0 Å². The molecule has 0 aromatic rings. The molecule has 0 aromatic heterocycles. The maximum absolute atomic E-state index is 12.2. The van der Waals surface area contributed by atoms with Crippen molar-refractivity contribution in [2.45, 2.75) is 36.2 Å². The fourth-order valence-corrected chi connectivity index (χ4v) is 0.652. The molecule has 15 heteroatoms. The zero-order valence-electron chi connectivity index (χ0n) is 10.4. The molecule has 0 saturated heterocycles. The van der Waals surface area contributed by atoms with Crippen molar-refractivity contribution in [1.82, 2.24) is 0 Å². The molecule has 0 aromatic carbocycles. The molecule has 0 saturated carbocycles. The predicted octanol–water partition coefficient (Wildman–Crippen LogP) is 2.35. The van der Waals surface area contributed by atoms with Crippen LogP contribution in [0.1, 0.15) is 0 Å². The van der Waals surface area contributed by atoms with Gasteiger partial charge < -0.3 is 15.3 Å². The lowest BCUT2D eigenvalue weighted by molar-refractivity contribution is -0.323. The van der Waals surface area contributed by atoms with Gasteiger partial charge in [0.1, 0.15) is 13.2 Å². The van der Waals surface area contributed by atoms with Crippen molar-refractivity contribution in [1.29, 1.82) is 0 Å². The molecule has 0 fully saturated rings. The van der Waals surface area contributed by atoms with Crippen LogP contribution in [-0.4, -0.2) is 64.8 Å². The minimum atomic E-state index is -5.77. The SMILES string of the molecule is OC(C(F)(F)F)C(F)(F)F.OCC(F)(F)C(F)(F)C(F)(F)CO. The maximum atomic E-state index is 12.2. The van der Waals surface area contributed by atoms with Crippen molar-refractivity contribution in [3.05, 3.63) is 0 Å². The fraction of sp³-hybridized carbons (Fsp3) is 1.00. The van der Waals surface area contributed by atoms with Gasteiger partial charge in [-0.3, -0.25) is 0 Å². The average molecular weight is 380 g/mol. The van der Waals surface area contributed by atoms with Gasteiger partial charge >= 0.3 is 30.1 Å². The van der Waals surface area contributed by atoms with Crippen molar-refractivity contribution in [2.24, 2.45) is 0 Å². The summed E-state index contributed by atoms with van der Waals surface area (Å²) >= 11 is 0.